The summed E-state index contributed by atoms with van der Waals surface area (Å²) >= 11 is 0. The van der Waals surface area contributed by atoms with E-state index in [4.69, 9.17) is 4.74 Å². The molecule has 2 aliphatic rings. The van der Waals surface area contributed by atoms with Gasteiger partial charge in [-0.2, -0.15) is 0 Å². The van der Waals surface area contributed by atoms with E-state index < -0.39 is 0 Å². The zero-order valence-corrected chi connectivity index (χ0v) is 11.2. The summed E-state index contributed by atoms with van der Waals surface area (Å²) in [7, 11) is 0. The van der Waals surface area contributed by atoms with Crippen LogP contribution in [0.1, 0.15) is 52.4 Å². The Balaban J connectivity index is 2.07. The lowest BCUT2D eigenvalue weighted by atomic mass is 9.84. The monoisotopic (exact) mass is 239 g/mol. The van der Waals surface area contributed by atoms with Crippen molar-refractivity contribution in [3.05, 3.63) is 0 Å². The van der Waals surface area contributed by atoms with E-state index in [9.17, 15) is 4.79 Å². The number of ether oxygens (including phenoxy) is 1. The van der Waals surface area contributed by atoms with Gasteiger partial charge in [-0.1, -0.05) is 6.92 Å². The van der Waals surface area contributed by atoms with Crippen LogP contribution in [0.25, 0.3) is 0 Å². The van der Waals surface area contributed by atoms with Crippen LogP contribution in [0.4, 0.5) is 0 Å². The second-order valence-electron chi connectivity index (χ2n) is 5.41. The topological polar surface area (TPSA) is 29.5 Å². The molecule has 2 fully saturated rings. The summed E-state index contributed by atoms with van der Waals surface area (Å²) in [6, 6.07) is 0. The lowest BCUT2D eigenvalue weighted by Crippen LogP contribution is -2.50. The third-order valence-electron chi connectivity index (χ3n) is 4.44. The summed E-state index contributed by atoms with van der Waals surface area (Å²) in [6.07, 6.45) is 6.85. The van der Waals surface area contributed by atoms with Crippen LogP contribution in [0.3, 0.4) is 0 Å². The molecule has 17 heavy (non-hydrogen) atoms. The zero-order valence-electron chi connectivity index (χ0n) is 11.2. The number of likely N-dealkylation sites (tertiary alicyclic amines) is 1. The van der Waals surface area contributed by atoms with E-state index in [0.717, 1.165) is 12.3 Å². The molecule has 0 aromatic rings. The first-order chi connectivity index (χ1) is 8.23. The average molecular weight is 239 g/mol. The molecule has 1 aliphatic carbocycles. The minimum absolute atomic E-state index is 0.00634. The van der Waals surface area contributed by atoms with Gasteiger partial charge in [0.15, 0.2) is 0 Å². The van der Waals surface area contributed by atoms with Crippen LogP contribution in [-0.2, 0) is 9.53 Å². The summed E-state index contributed by atoms with van der Waals surface area (Å²) in [4.78, 5) is 14.4. The summed E-state index contributed by atoms with van der Waals surface area (Å²) in [5, 5.41) is 0. The van der Waals surface area contributed by atoms with Crippen LogP contribution in [0, 0.1) is 5.92 Å². The van der Waals surface area contributed by atoms with Crippen LogP contribution < -0.4 is 0 Å². The van der Waals surface area contributed by atoms with Crippen molar-refractivity contribution in [2.75, 3.05) is 19.7 Å². The van der Waals surface area contributed by atoms with Gasteiger partial charge in [0.05, 0.1) is 13.0 Å². The quantitative estimate of drug-likeness (QED) is 0.667. The highest BCUT2D eigenvalue weighted by Crippen LogP contribution is 2.48. The first-order valence-electron chi connectivity index (χ1n) is 7.13. The van der Waals surface area contributed by atoms with Crippen LogP contribution in [0.2, 0.25) is 0 Å². The Kier molecular flexibility index (Phi) is 4.08. The molecule has 0 amide bonds. The molecule has 0 aromatic carbocycles. The molecule has 0 aromatic heterocycles. The zero-order chi connectivity index (χ0) is 12.3. The fourth-order valence-corrected chi connectivity index (χ4v) is 3.40. The fourth-order valence-electron chi connectivity index (χ4n) is 3.40. The van der Waals surface area contributed by atoms with Crippen molar-refractivity contribution in [3.8, 4) is 0 Å². The van der Waals surface area contributed by atoms with E-state index in [1.165, 1.54) is 38.8 Å². The Hall–Kier alpha value is -0.570. The van der Waals surface area contributed by atoms with Crippen molar-refractivity contribution in [1.82, 2.24) is 4.90 Å². The lowest BCUT2D eigenvalue weighted by Gasteiger charge is -2.41. The van der Waals surface area contributed by atoms with Gasteiger partial charge in [0, 0.05) is 5.54 Å². The van der Waals surface area contributed by atoms with Crippen molar-refractivity contribution in [2.45, 2.75) is 57.9 Å². The smallest absolute Gasteiger partial charge is 0.307 e. The molecular weight excluding hydrogens is 214 g/mol. The van der Waals surface area contributed by atoms with Crippen molar-refractivity contribution < 1.29 is 9.53 Å². The van der Waals surface area contributed by atoms with Gasteiger partial charge < -0.3 is 4.74 Å². The first-order valence-corrected chi connectivity index (χ1v) is 7.13. The number of rotatable bonds is 6. The van der Waals surface area contributed by atoms with Gasteiger partial charge in [0.1, 0.15) is 0 Å². The molecule has 1 unspecified atom stereocenters. The maximum absolute atomic E-state index is 11.9. The number of esters is 1. The van der Waals surface area contributed by atoms with Crippen LogP contribution in [0.15, 0.2) is 0 Å². The molecule has 98 valence electrons. The second kappa shape index (κ2) is 5.38. The summed E-state index contributed by atoms with van der Waals surface area (Å²) in [5.74, 6) is 0.725. The van der Waals surface area contributed by atoms with Gasteiger partial charge in [-0.25, -0.2) is 0 Å². The third-order valence-corrected chi connectivity index (χ3v) is 4.44. The van der Waals surface area contributed by atoms with Gasteiger partial charge in [-0.05, 0) is 58.0 Å². The van der Waals surface area contributed by atoms with E-state index in [2.05, 4.69) is 11.8 Å². The standard InChI is InChI=1S/C14H25NO2/c1-3-14(12-7-8-12,11-13(16)17-4-2)15-9-5-6-10-15/h12H,3-11H2,1-2H3. The maximum atomic E-state index is 11.9. The van der Waals surface area contributed by atoms with Crippen LogP contribution >= 0.6 is 0 Å². The molecule has 1 atom stereocenters. The highest BCUT2D eigenvalue weighted by molar-refractivity contribution is 5.71. The predicted molar refractivity (Wildman–Crippen MR) is 67.8 cm³/mol. The molecule has 0 spiro atoms. The Bertz CT molecular complexity index is 269. The average Bonchev–Trinajstić information content (AvgIpc) is 3.02. The number of nitrogens with zero attached hydrogens (tertiary/aromatic N) is 1. The first kappa shape index (κ1) is 12.9. The van der Waals surface area contributed by atoms with Gasteiger partial charge >= 0.3 is 5.97 Å². The lowest BCUT2D eigenvalue weighted by molar-refractivity contribution is -0.147. The van der Waals surface area contributed by atoms with Crippen molar-refractivity contribution in [2.24, 2.45) is 5.92 Å². The summed E-state index contributed by atoms with van der Waals surface area (Å²) < 4.78 is 5.17. The Morgan fingerprint density at radius 3 is 2.41 bits per heavy atom. The largest absolute Gasteiger partial charge is 0.466 e. The van der Waals surface area contributed by atoms with Crippen LogP contribution in [-0.4, -0.2) is 36.1 Å². The van der Waals surface area contributed by atoms with Gasteiger partial charge in [-0.3, -0.25) is 9.69 Å². The normalized spacial score (nSPS) is 24.6. The Morgan fingerprint density at radius 1 is 1.29 bits per heavy atom. The van der Waals surface area contributed by atoms with Crippen molar-refractivity contribution in [1.29, 1.82) is 0 Å². The van der Waals surface area contributed by atoms with E-state index in [0.29, 0.717) is 13.0 Å². The molecule has 0 bridgehead atoms. The van der Waals surface area contributed by atoms with E-state index in [1.807, 2.05) is 6.92 Å². The summed E-state index contributed by atoms with van der Waals surface area (Å²) in [5.41, 5.74) is 0.114. The molecule has 3 heteroatoms. The van der Waals surface area contributed by atoms with Crippen LogP contribution in [0.5, 0.6) is 0 Å². The fraction of sp³-hybridized carbons (Fsp3) is 0.929. The minimum atomic E-state index is -0.00634. The SMILES string of the molecule is CCOC(=O)CC(CC)(C1CC1)N1CCCC1. The summed E-state index contributed by atoms with van der Waals surface area (Å²) in [6.45, 7) is 6.96. The highest BCUT2D eigenvalue weighted by atomic mass is 16.5. The molecule has 0 N–H and O–H groups in total. The predicted octanol–water partition coefficient (Wildman–Crippen LogP) is 2.59. The van der Waals surface area contributed by atoms with Gasteiger partial charge in [0.25, 0.3) is 0 Å². The Morgan fingerprint density at radius 2 is 1.94 bits per heavy atom. The van der Waals surface area contributed by atoms with Gasteiger partial charge in [-0.15, -0.1) is 0 Å². The number of hydrogen-bond acceptors (Lipinski definition) is 3. The van der Waals surface area contributed by atoms with E-state index in [1.54, 1.807) is 0 Å². The minimum Gasteiger partial charge on any atom is -0.466 e. The van der Waals surface area contributed by atoms with E-state index in [-0.39, 0.29) is 11.5 Å². The number of carbonyl (C=O) groups excluding carboxylic acids is 1. The number of hydrogen-bond donors (Lipinski definition) is 0. The third kappa shape index (κ3) is 2.65. The Labute approximate surface area is 105 Å². The maximum Gasteiger partial charge on any atom is 0.307 e. The van der Waals surface area contributed by atoms with E-state index >= 15 is 0 Å². The molecule has 1 saturated carbocycles. The molecule has 2 rings (SSSR count). The van der Waals surface area contributed by atoms with Crippen molar-refractivity contribution in [3.63, 3.8) is 0 Å². The molecular formula is C14H25NO2. The molecule has 1 aliphatic heterocycles. The molecule has 1 saturated heterocycles. The second-order valence-corrected chi connectivity index (χ2v) is 5.41. The molecule has 1 heterocycles. The van der Waals surface area contributed by atoms with Crippen molar-refractivity contribution >= 4 is 5.97 Å². The highest BCUT2D eigenvalue weighted by Gasteiger charge is 2.49. The van der Waals surface area contributed by atoms with Gasteiger partial charge in [0.2, 0.25) is 0 Å². The number of carbonyl (C=O) groups is 1. The molecule has 0 radical (unpaired) electrons. The molecule has 3 nitrogen and oxygen atoms in total.